The molecule has 48 heavy (non-hydrogen) atoms. The van der Waals surface area contributed by atoms with Crippen LogP contribution in [-0.2, 0) is 52.4 Å². The largest absolute Gasteiger partial charge is 2.00 e. The van der Waals surface area contributed by atoms with Gasteiger partial charge in [0, 0.05) is 0 Å². The van der Waals surface area contributed by atoms with Gasteiger partial charge in [-0.15, -0.1) is 25.7 Å². The molecule has 0 N–H and O–H groups in total. The van der Waals surface area contributed by atoms with E-state index in [1.165, 1.54) is 50.7 Å². The summed E-state index contributed by atoms with van der Waals surface area (Å²) in [7, 11) is 5.82. The molecule has 0 aliphatic heterocycles. The van der Waals surface area contributed by atoms with Crippen LogP contribution in [0.1, 0.15) is 53.4 Å². The van der Waals surface area contributed by atoms with E-state index in [-0.39, 0.29) is 63.9 Å². The molecular formula is C40H46O6Zr2-2. The first-order chi connectivity index (χ1) is 22.2. The first kappa shape index (κ1) is 47.0. The fraction of sp³-hybridized carbons (Fsp3) is 0.300. The van der Waals surface area contributed by atoms with E-state index >= 15 is 0 Å². The molecule has 0 fully saturated rings. The molecule has 4 aliphatic carbocycles. The van der Waals surface area contributed by atoms with Gasteiger partial charge in [-0.1, -0.05) is 39.8 Å². The van der Waals surface area contributed by atoms with Crippen LogP contribution >= 0.6 is 0 Å². The van der Waals surface area contributed by atoms with Crippen LogP contribution in [0, 0.1) is 24.3 Å². The molecule has 0 radical (unpaired) electrons. The van der Waals surface area contributed by atoms with Crippen molar-refractivity contribution in [1.29, 1.82) is 0 Å². The van der Waals surface area contributed by atoms with Crippen molar-refractivity contribution >= 4 is 0 Å². The number of rotatable bonds is 4. The van der Waals surface area contributed by atoms with Gasteiger partial charge in [0.15, 0.2) is 0 Å². The molecule has 0 bridgehead atoms. The molecule has 4 aliphatic rings. The minimum absolute atomic E-state index is 0. The minimum atomic E-state index is -0.211. The average molecular weight is 805 g/mol. The summed E-state index contributed by atoms with van der Waals surface area (Å²) in [6.45, 7) is 8.24. The van der Waals surface area contributed by atoms with Gasteiger partial charge in [-0.25, -0.2) is 46.6 Å². The van der Waals surface area contributed by atoms with Crippen molar-refractivity contribution in [2.24, 2.45) is 0 Å². The van der Waals surface area contributed by atoms with Crippen LogP contribution in [0.2, 0.25) is 0 Å². The Bertz CT molecular complexity index is 1220. The standard InChI is InChI=1S/2C8H10O3.4C6H7.2Zr/c2*1-10-6-4-3-5-7(11-2)8(6)9;4*1-6-4-2-3-5-6;;/h2*3-5,9H,1-2H3;4*2,4H,3H2,1H3;;/q;;4*-1;2*+2/p-2. The first-order valence-electron chi connectivity index (χ1n) is 14.9. The average Bonchev–Trinajstić information content (AvgIpc) is 3.91. The molecule has 2 aromatic carbocycles. The van der Waals surface area contributed by atoms with Gasteiger partial charge in [0.05, 0.1) is 28.4 Å². The second-order valence-corrected chi connectivity index (χ2v) is 9.85. The monoisotopic (exact) mass is 802 g/mol. The Kier molecular flexibility index (Phi) is 28.3. The third kappa shape index (κ3) is 20.3. The number of allylic oxidation sites excluding steroid dienone is 16. The molecule has 8 heteroatoms. The molecule has 252 valence electrons. The zero-order valence-corrected chi connectivity index (χ0v) is 34.3. The number of para-hydroxylation sites is 2. The molecule has 0 unspecified atom stereocenters. The number of ether oxygens (including phenoxy) is 4. The van der Waals surface area contributed by atoms with E-state index in [9.17, 15) is 10.2 Å². The summed E-state index contributed by atoms with van der Waals surface area (Å²) < 4.78 is 19.2. The summed E-state index contributed by atoms with van der Waals surface area (Å²) in [5.74, 6) is 0.817. The molecule has 0 aromatic heterocycles. The molecule has 2 aromatic rings. The maximum Gasteiger partial charge on any atom is 2.00 e. The molecule has 6 rings (SSSR count). The molecule has 6 nitrogen and oxygen atoms in total. The number of hydrogen-bond donors (Lipinski definition) is 0. The topological polar surface area (TPSA) is 83.0 Å². The quantitative estimate of drug-likeness (QED) is 0.289. The van der Waals surface area contributed by atoms with Crippen molar-refractivity contribution in [2.75, 3.05) is 28.4 Å². The zero-order valence-electron chi connectivity index (χ0n) is 29.4. The van der Waals surface area contributed by atoms with E-state index in [0.717, 1.165) is 25.7 Å². The molecule has 0 atom stereocenters. The number of methoxy groups -OCH3 is 4. The Hall–Kier alpha value is -3.07. The predicted octanol–water partition coefficient (Wildman–Crippen LogP) is 8.33. The van der Waals surface area contributed by atoms with Crippen molar-refractivity contribution < 1.29 is 81.6 Å². The van der Waals surface area contributed by atoms with Gasteiger partial charge in [0.25, 0.3) is 0 Å². The van der Waals surface area contributed by atoms with Crippen LogP contribution in [0.5, 0.6) is 34.5 Å². The summed E-state index contributed by atoms with van der Waals surface area (Å²) in [4.78, 5) is 0. The van der Waals surface area contributed by atoms with Crippen LogP contribution in [0.25, 0.3) is 0 Å². The predicted molar refractivity (Wildman–Crippen MR) is 183 cm³/mol. The van der Waals surface area contributed by atoms with Gasteiger partial charge >= 0.3 is 52.4 Å². The van der Waals surface area contributed by atoms with Crippen LogP contribution in [0.4, 0.5) is 0 Å². The minimum Gasteiger partial charge on any atom is -0.867 e. The van der Waals surface area contributed by atoms with Gasteiger partial charge in [-0.05, 0) is 35.8 Å². The summed E-state index contributed by atoms with van der Waals surface area (Å²) in [5, 5.41) is 22.4. The SMILES string of the molecule is CC1=[C-]CC=C1.CC1=[C-]CC=C1.CC1=[C-]CC=C1.CC1=[C-]CC=C1.COc1cccc(OC)c1[O-].COc1cccc(OC)c1[O-].[Zr+2].[Zr+2]. The van der Waals surface area contributed by atoms with E-state index in [1.807, 2.05) is 0 Å². The fourth-order valence-electron chi connectivity index (χ4n) is 3.69. The molecule has 0 amide bonds. The molecule has 0 spiro atoms. The van der Waals surface area contributed by atoms with Crippen LogP contribution in [0.3, 0.4) is 0 Å². The van der Waals surface area contributed by atoms with Crippen molar-refractivity contribution in [1.82, 2.24) is 0 Å². The second-order valence-electron chi connectivity index (χ2n) is 9.85. The number of benzene rings is 2. The van der Waals surface area contributed by atoms with Crippen molar-refractivity contribution in [3.05, 3.63) is 132 Å². The Labute approximate surface area is 327 Å². The Morgan fingerprint density at radius 3 is 0.750 bits per heavy atom. The molecular weight excluding hydrogens is 759 g/mol. The van der Waals surface area contributed by atoms with Crippen LogP contribution in [0.15, 0.2) is 107 Å². The fourth-order valence-corrected chi connectivity index (χ4v) is 3.69. The third-order valence-electron chi connectivity index (χ3n) is 6.23. The van der Waals surface area contributed by atoms with E-state index in [0.29, 0.717) is 23.0 Å². The maximum absolute atomic E-state index is 11.2. The Balaban J connectivity index is 0. The van der Waals surface area contributed by atoms with Gasteiger partial charge in [0.2, 0.25) is 0 Å². The van der Waals surface area contributed by atoms with Gasteiger partial charge in [-0.3, -0.25) is 24.3 Å². The van der Waals surface area contributed by atoms with Crippen LogP contribution < -0.4 is 29.2 Å². The molecule has 0 saturated carbocycles. The van der Waals surface area contributed by atoms with Gasteiger partial charge in [0.1, 0.15) is 23.0 Å². The summed E-state index contributed by atoms with van der Waals surface area (Å²) in [6.07, 6.45) is 33.3. The van der Waals surface area contributed by atoms with Crippen molar-refractivity contribution in [3.63, 3.8) is 0 Å². The number of hydrogen-bond acceptors (Lipinski definition) is 6. The van der Waals surface area contributed by atoms with Gasteiger partial charge in [-0.2, -0.15) is 24.3 Å². The summed E-state index contributed by atoms with van der Waals surface area (Å²) in [5.41, 5.74) is 5.09. The Morgan fingerprint density at radius 2 is 0.646 bits per heavy atom. The summed E-state index contributed by atoms with van der Waals surface area (Å²) >= 11 is 0. The normalized spacial score (nSPS) is 13.5. The van der Waals surface area contributed by atoms with E-state index in [1.54, 1.807) is 36.4 Å². The van der Waals surface area contributed by atoms with Gasteiger partial charge < -0.3 is 29.2 Å². The third-order valence-corrected chi connectivity index (χ3v) is 6.23. The van der Waals surface area contributed by atoms with Crippen molar-refractivity contribution in [2.45, 2.75) is 53.4 Å². The molecule has 0 heterocycles. The summed E-state index contributed by atoms with van der Waals surface area (Å²) in [6, 6.07) is 9.82. The van der Waals surface area contributed by atoms with E-state index in [4.69, 9.17) is 18.9 Å². The second kappa shape index (κ2) is 28.9. The van der Waals surface area contributed by atoms with Crippen LogP contribution in [-0.4, -0.2) is 28.4 Å². The maximum atomic E-state index is 11.2. The van der Waals surface area contributed by atoms with Crippen molar-refractivity contribution in [3.8, 4) is 34.5 Å². The Morgan fingerprint density at radius 1 is 0.438 bits per heavy atom. The smallest absolute Gasteiger partial charge is 0.867 e. The van der Waals surface area contributed by atoms with E-state index < -0.39 is 0 Å². The van der Waals surface area contributed by atoms with E-state index in [2.05, 4.69) is 101 Å². The first-order valence-corrected chi connectivity index (χ1v) is 14.9. The molecule has 0 saturated heterocycles. The zero-order chi connectivity index (χ0) is 34.2.